The smallest absolute Gasteiger partial charge is 0.340 e. The van der Waals surface area contributed by atoms with E-state index in [9.17, 15) is 4.79 Å². The molecule has 0 radical (unpaired) electrons. The third-order valence-corrected chi connectivity index (χ3v) is 2.82. The number of carbonyl (C=O) groups is 1. The summed E-state index contributed by atoms with van der Waals surface area (Å²) in [5.74, 6) is -0.112. The van der Waals surface area contributed by atoms with Gasteiger partial charge in [0.2, 0.25) is 0 Å². The first-order valence-corrected chi connectivity index (χ1v) is 6.42. The van der Waals surface area contributed by atoms with Crippen molar-refractivity contribution >= 4 is 27.6 Å². The molecule has 1 rings (SSSR count). The second kappa shape index (κ2) is 5.54. The van der Waals surface area contributed by atoms with Crippen molar-refractivity contribution in [3.63, 3.8) is 0 Å². The summed E-state index contributed by atoms with van der Waals surface area (Å²) >= 11 is 3.39. The zero-order chi connectivity index (χ0) is 13.2. The fourth-order valence-corrected chi connectivity index (χ4v) is 2.04. The van der Waals surface area contributed by atoms with Gasteiger partial charge in [0.05, 0.1) is 11.7 Å². The van der Waals surface area contributed by atoms with Gasteiger partial charge in [0.15, 0.2) is 0 Å². The first-order chi connectivity index (χ1) is 7.82. The minimum absolute atomic E-state index is 0.150. The van der Waals surface area contributed by atoms with E-state index in [0.29, 0.717) is 11.3 Å². The van der Waals surface area contributed by atoms with Crippen molar-refractivity contribution in [2.75, 3.05) is 5.73 Å². The molecule has 4 heteroatoms. The molecule has 94 valence electrons. The van der Waals surface area contributed by atoms with Gasteiger partial charge in [-0.25, -0.2) is 4.79 Å². The number of benzene rings is 1. The van der Waals surface area contributed by atoms with E-state index >= 15 is 0 Å². The van der Waals surface area contributed by atoms with Gasteiger partial charge in [0.1, 0.15) is 0 Å². The number of hydrogen-bond acceptors (Lipinski definition) is 3. The normalized spacial score (nSPS) is 11.0. The number of esters is 1. The van der Waals surface area contributed by atoms with Crippen LogP contribution in [-0.4, -0.2) is 12.1 Å². The molecule has 0 aliphatic heterocycles. The zero-order valence-corrected chi connectivity index (χ0v) is 12.2. The van der Waals surface area contributed by atoms with E-state index in [-0.39, 0.29) is 18.0 Å². The molecule has 1 aromatic rings. The maximum Gasteiger partial charge on any atom is 0.340 e. The predicted molar refractivity (Wildman–Crippen MR) is 73.2 cm³/mol. The lowest BCUT2D eigenvalue weighted by molar-refractivity contribution is 0.0379. The number of nitrogen functional groups attached to an aromatic ring is 1. The van der Waals surface area contributed by atoms with Gasteiger partial charge >= 0.3 is 5.97 Å². The van der Waals surface area contributed by atoms with Crippen LogP contribution in [0.1, 0.15) is 49.5 Å². The monoisotopic (exact) mass is 299 g/mol. The van der Waals surface area contributed by atoms with Gasteiger partial charge in [0, 0.05) is 10.2 Å². The minimum atomic E-state index is -0.374. The Morgan fingerprint density at radius 1 is 1.29 bits per heavy atom. The van der Waals surface area contributed by atoms with Crippen molar-refractivity contribution in [2.45, 2.75) is 39.7 Å². The maximum atomic E-state index is 11.9. The molecule has 0 aliphatic rings. The van der Waals surface area contributed by atoms with Gasteiger partial charge in [-0.05, 0) is 37.5 Å². The van der Waals surface area contributed by atoms with Crippen molar-refractivity contribution in [3.05, 3.63) is 27.7 Å². The molecule has 0 spiro atoms. The van der Waals surface area contributed by atoms with Gasteiger partial charge in [-0.3, -0.25) is 0 Å². The molecule has 0 aromatic heterocycles. The zero-order valence-electron chi connectivity index (χ0n) is 10.6. The lowest BCUT2D eigenvalue weighted by Crippen LogP contribution is -2.14. The highest BCUT2D eigenvalue weighted by atomic mass is 79.9. The lowest BCUT2D eigenvalue weighted by Gasteiger charge is -2.15. The van der Waals surface area contributed by atoms with Crippen molar-refractivity contribution in [3.8, 4) is 0 Å². The third kappa shape index (κ3) is 3.46. The molecule has 0 aliphatic carbocycles. The highest BCUT2D eigenvalue weighted by Gasteiger charge is 2.17. The first kappa shape index (κ1) is 14.0. The van der Waals surface area contributed by atoms with Crippen LogP contribution in [0.25, 0.3) is 0 Å². The van der Waals surface area contributed by atoms with Gasteiger partial charge in [-0.1, -0.05) is 29.8 Å². The summed E-state index contributed by atoms with van der Waals surface area (Å²) in [7, 11) is 0. The van der Waals surface area contributed by atoms with Crippen LogP contribution >= 0.6 is 15.9 Å². The van der Waals surface area contributed by atoms with Crippen LogP contribution in [-0.2, 0) is 4.74 Å². The number of rotatable bonds is 3. The Morgan fingerprint density at radius 3 is 2.35 bits per heavy atom. The minimum Gasteiger partial charge on any atom is -0.459 e. The molecule has 17 heavy (non-hydrogen) atoms. The third-order valence-electron chi connectivity index (χ3n) is 2.36. The van der Waals surface area contributed by atoms with Crippen LogP contribution in [0.2, 0.25) is 0 Å². The van der Waals surface area contributed by atoms with Crippen LogP contribution in [0.3, 0.4) is 0 Å². The second-order valence-electron chi connectivity index (χ2n) is 4.57. The number of hydrogen-bond donors (Lipinski definition) is 1. The Kier molecular flexibility index (Phi) is 4.57. The number of carbonyl (C=O) groups excluding carboxylic acids is 1. The average Bonchev–Trinajstić information content (AvgIpc) is 2.19. The number of anilines is 1. The average molecular weight is 300 g/mol. The van der Waals surface area contributed by atoms with Crippen molar-refractivity contribution < 1.29 is 9.53 Å². The van der Waals surface area contributed by atoms with E-state index in [1.807, 2.05) is 33.8 Å². The molecule has 3 nitrogen and oxygen atoms in total. The molecule has 2 N–H and O–H groups in total. The molecule has 0 saturated carbocycles. The fraction of sp³-hybridized carbons (Fsp3) is 0.462. The van der Waals surface area contributed by atoms with Crippen LogP contribution in [0.4, 0.5) is 5.69 Å². The van der Waals surface area contributed by atoms with E-state index < -0.39 is 0 Å². The summed E-state index contributed by atoms with van der Waals surface area (Å²) in [5.41, 5.74) is 7.90. The van der Waals surface area contributed by atoms with Crippen molar-refractivity contribution in [1.82, 2.24) is 0 Å². The summed E-state index contributed by atoms with van der Waals surface area (Å²) in [6, 6.07) is 3.64. The molecule has 0 atom stereocenters. The molecule has 0 bridgehead atoms. The number of nitrogens with two attached hydrogens (primary N) is 1. The largest absolute Gasteiger partial charge is 0.459 e. The predicted octanol–water partition coefficient (Wildman–Crippen LogP) is 3.72. The summed E-state index contributed by atoms with van der Waals surface area (Å²) in [6.07, 6.45) is -0.150. The van der Waals surface area contributed by atoms with Crippen LogP contribution in [0, 0.1) is 0 Å². The quantitative estimate of drug-likeness (QED) is 0.683. The van der Waals surface area contributed by atoms with Crippen molar-refractivity contribution in [2.24, 2.45) is 0 Å². The molecule has 0 unspecified atom stereocenters. The Bertz CT molecular complexity index is 428. The molecular weight excluding hydrogens is 282 g/mol. The second-order valence-corrected chi connectivity index (χ2v) is 5.48. The van der Waals surface area contributed by atoms with E-state index in [1.165, 1.54) is 0 Å². The lowest BCUT2D eigenvalue weighted by atomic mass is 9.98. The number of ether oxygens (including phenoxy) is 1. The van der Waals surface area contributed by atoms with Gasteiger partial charge < -0.3 is 10.5 Å². The maximum absolute atomic E-state index is 11.9. The topological polar surface area (TPSA) is 52.3 Å². The van der Waals surface area contributed by atoms with E-state index in [4.69, 9.17) is 10.5 Å². The summed E-state index contributed by atoms with van der Waals surface area (Å²) < 4.78 is 6.01. The van der Waals surface area contributed by atoms with Crippen LogP contribution in [0.15, 0.2) is 16.6 Å². The Balaban J connectivity index is 3.20. The number of halogens is 1. The molecule has 0 heterocycles. The van der Waals surface area contributed by atoms with Gasteiger partial charge in [-0.2, -0.15) is 0 Å². The molecule has 1 aromatic carbocycles. The van der Waals surface area contributed by atoms with Crippen molar-refractivity contribution in [1.29, 1.82) is 0 Å². The Labute approximate surface area is 110 Å². The molecule has 0 saturated heterocycles. The summed E-state index contributed by atoms with van der Waals surface area (Å²) in [5, 5.41) is 0. The van der Waals surface area contributed by atoms with Gasteiger partial charge in [-0.15, -0.1) is 0 Å². The van der Waals surface area contributed by atoms with E-state index in [0.717, 1.165) is 10.0 Å². The summed E-state index contributed by atoms with van der Waals surface area (Å²) in [4.78, 5) is 11.9. The van der Waals surface area contributed by atoms with Crippen LogP contribution in [0.5, 0.6) is 0 Å². The summed E-state index contributed by atoms with van der Waals surface area (Å²) in [6.45, 7) is 7.70. The Morgan fingerprint density at radius 2 is 1.88 bits per heavy atom. The SMILES string of the molecule is CC(C)OC(=O)c1cc(Br)cc(C(C)C)c1N. The highest BCUT2D eigenvalue weighted by Crippen LogP contribution is 2.29. The van der Waals surface area contributed by atoms with Gasteiger partial charge in [0.25, 0.3) is 0 Å². The Hall–Kier alpha value is -1.03. The van der Waals surface area contributed by atoms with E-state index in [1.54, 1.807) is 6.07 Å². The standard InChI is InChI=1S/C13H18BrNO2/c1-7(2)10-5-9(14)6-11(12(10)15)13(16)17-8(3)4/h5-8H,15H2,1-4H3. The van der Waals surface area contributed by atoms with Crippen LogP contribution < -0.4 is 5.73 Å². The highest BCUT2D eigenvalue weighted by molar-refractivity contribution is 9.10. The molecule has 0 fully saturated rings. The molecular formula is C13H18BrNO2. The van der Waals surface area contributed by atoms with E-state index in [2.05, 4.69) is 15.9 Å². The fourth-order valence-electron chi connectivity index (χ4n) is 1.56. The molecule has 0 amide bonds. The first-order valence-electron chi connectivity index (χ1n) is 5.62.